The van der Waals surface area contributed by atoms with E-state index in [1.54, 1.807) is 12.1 Å². The van der Waals surface area contributed by atoms with E-state index in [0.717, 1.165) is 17.7 Å². The molecule has 25 heavy (non-hydrogen) atoms. The summed E-state index contributed by atoms with van der Waals surface area (Å²) in [5.74, 6) is -2.77. The summed E-state index contributed by atoms with van der Waals surface area (Å²) in [6, 6.07) is 11.8. The first-order chi connectivity index (χ1) is 12.0. The highest BCUT2D eigenvalue weighted by molar-refractivity contribution is 6.33. The summed E-state index contributed by atoms with van der Waals surface area (Å²) in [6.45, 7) is 1.92. The van der Waals surface area contributed by atoms with Crippen LogP contribution in [-0.4, -0.2) is 16.1 Å². The summed E-state index contributed by atoms with van der Waals surface area (Å²) in [6.07, 6.45) is 0. The summed E-state index contributed by atoms with van der Waals surface area (Å²) < 4.78 is 27.2. The fourth-order valence-electron chi connectivity index (χ4n) is 2.27. The maximum absolute atomic E-state index is 13.6. The molecule has 0 aliphatic carbocycles. The van der Waals surface area contributed by atoms with Gasteiger partial charge in [-0.15, -0.1) is 10.2 Å². The molecular formula is C18H12ClF2N3O. The summed E-state index contributed by atoms with van der Waals surface area (Å²) in [5, 5.41) is 10.7. The molecule has 1 N–H and O–H groups in total. The monoisotopic (exact) mass is 359 g/mol. The van der Waals surface area contributed by atoms with Crippen molar-refractivity contribution in [3.05, 3.63) is 76.3 Å². The van der Waals surface area contributed by atoms with Crippen molar-refractivity contribution in [3.63, 3.8) is 0 Å². The second kappa shape index (κ2) is 6.94. The number of rotatable bonds is 3. The molecule has 1 heterocycles. The van der Waals surface area contributed by atoms with Gasteiger partial charge in [0.15, 0.2) is 5.82 Å². The number of carbonyl (C=O) groups excluding carboxylic acids is 1. The van der Waals surface area contributed by atoms with Crippen molar-refractivity contribution in [1.82, 2.24) is 10.2 Å². The van der Waals surface area contributed by atoms with E-state index < -0.39 is 23.1 Å². The van der Waals surface area contributed by atoms with Crippen LogP contribution in [0.1, 0.15) is 15.9 Å². The van der Waals surface area contributed by atoms with E-state index in [0.29, 0.717) is 16.3 Å². The van der Waals surface area contributed by atoms with Crippen LogP contribution in [0.5, 0.6) is 0 Å². The number of aryl methyl sites for hydroxylation is 1. The fourth-order valence-corrected chi connectivity index (χ4v) is 2.49. The van der Waals surface area contributed by atoms with E-state index in [9.17, 15) is 13.6 Å². The van der Waals surface area contributed by atoms with Crippen LogP contribution in [0, 0.1) is 18.6 Å². The van der Waals surface area contributed by atoms with Crippen molar-refractivity contribution in [2.24, 2.45) is 0 Å². The average Bonchev–Trinajstić information content (AvgIpc) is 2.58. The van der Waals surface area contributed by atoms with E-state index in [1.165, 1.54) is 12.1 Å². The Balaban J connectivity index is 1.84. The zero-order valence-electron chi connectivity index (χ0n) is 13.1. The van der Waals surface area contributed by atoms with Crippen molar-refractivity contribution >= 4 is 23.3 Å². The lowest BCUT2D eigenvalue weighted by atomic mass is 10.1. The van der Waals surface area contributed by atoms with Gasteiger partial charge in [-0.2, -0.15) is 0 Å². The Kier molecular flexibility index (Phi) is 4.72. The van der Waals surface area contributed by atoms with Crippen molar-refractivity contribution in [1.29, 1.82) is 0 Å². The van der Waals surface area contributed by atoms with E-state index in [4.69, 9.17) is 11.6 Å². The molecule has 0 unspecified atom stereocenters. The van der Waals surface area contributed by atoms with Crippen molar-refractivity contribution in [2.75, 3.05) is 5.32 Å². The predicted octanol–water partition coefficient (Wildman–Crippen LogP) is 4.64. The zero-order valence-corrected chi connectivity index (χ0v) is 13.8. The minimum Gasteiger partial charge on any atom is -0.305 e. The highest BCUT2D eigenvalue weighted by Gasteiger charge is 2.17. The number of aromatic nitrogens is 2. The third-order valence-electron chi connectivity index (χ3n) is 3.49. The Morgan fingerprint density at radius 1 is 1.04 bits per heavy atom. The minimum absolute atomic E-state index is 0.0696. The number of halogens is 3. The molecule has 0 aliphatic heterocycles. The summed E-state index contributed by atoms with van der Waals surface area (Å²) >= 11 is 6.15. The van der Waals surface area contributed by atoms with Crippen molar-refractivity contribution in [2.45, 2.75) is 6.92 Å². The van der Waals surface area contributed by atoms with Gasteiger partial charge < -0.3 is 5.32 Å². The number of nitrogens with zero attached hydrogens (tertiary/aromatic N) is 2. The Labute approximate surface area is 147 Å². The molecule has 2 aromatic carbocycles. The lowest BCUT2D eigenvalue weighted by Crippen LogP contribution is -2.16. The quantitative estimate of drug-likeness (QED) is 0.741. The van der Waals surface area contributed by atoms with Gasteiger partial charge in [0.2, 0.25) is 0 Å². The molecule has 1 amide bonds. The lowest BCUT2D eigenvalue weighted by Gasteiger charge is -2.08. The lowest BCUT2D eigenvalue weighted by molar-refractivity contribution is 0.101. The third kappa shape index (κ3) is 3.64. The maximum atomic E-state index is 13.6. The van der Waals surface area contributed by atoms with Gasteiger partial charge in [0.25, 0.3) is 5.91 Å². The Bertz CT molecular complexity index is 925. The second-order valence-electron chi connectivity index (χ2n) is 5.34. The summed E-state index contributed by atoms with van der Waals surface area (Å²) in [4.78, 5) is 12.0. The maximum Gasteiger partial charge on any atom is 0.262 e. The topological polar surface area (TPSA) is 54.9 Å². The molecule has 0 saturated carbocycles. The zero-order chi connectivity index (χ0) is 18.0. The van der Waals surface area contributed by atoms with Crippen LogP contribution in [-0.2, 0) is 0 Å². The number of anilines is 1. The summed E-state index contributed by atoms with van der Waals surface area (Å²) in [7, 11) is 0. The molecule has 0 atom stereocenters. The Morgan fingerprint density at radius 2 is 1.76 bits per heavy atom. The van der Waals surface area contributed by atoms with Gasteiger partial charge in [0, 0.05) is 5.56 Å². The summed E-state index contributed by atoms with van der Waals surface area (Å²) in [5.41, 5.74) is 1.56. The number of hydrogen-bond donors (Lipinski definition) is 1. The van der Waals surface area contributed by atoms with Crippen molar-refractivity contribution in [3.8, 4) is 11.3 Å². The van der Waals surface area contributed by atoms with Gasteiger partial charge in [-0.3, -0.25) is 4.79 Å². The first-order valence-electron chi connectivity index (χ1n) is 7.31. The van der Waals surface area contributed by atoms with Crippen LogP contribution in [0.3, 0.4) is 0 Å². The van der Waals surface area contributed by atoms with E-state index in [2.05, 4.69) is 15.5 Å². The highest BCUT2D eigenvalue weighted by Crippen LogP contribution is 2.27. The van der Waals surface area contributed by atoms with Gasteiger partial charge in [-0.25, -0.2) is 8.78 Å². The number of nitrogens with one attached hydrogen (secondary N) is 1. The molecule has 4 nitrogen and oxygen atoms in total. The van der Waals surface area contributed by atoms with Crippen molar-refractivity contribution < 1.29 is 13.6 Å². The van der Waals surface area contributed by atoms with E-state index in [-0.39, 0.29) is 5.82 Å². The molecule has 7 heteroatoms. The van der Waals surface area contributed by atoms with Crippen LogP contribution in [0.4, 0.5) is 14.6 Å². The fraction of sp³-hybridized carbons (Fsp3) is 0.0556. The minimum atomic E-state index is -0.950. The SMILES string of the molecule is Cc1ccc(Cl)c(-c2ccc(NC(=O)c3c(F)cccc3F)nn2)c1. The van der Waals surface area contributed by atoms with Gasteiger partial charge in [-0.1, -0.05) is 29.3 Å². The molecule has 0 radical (unpaired) electrons. The van der Waals surface area contributed by atoms with Crippen LogP contribution in [0.15, 0.2) is 48.5 Å². The molecule has 0 saturated heterocycles. The molecule has 3 rings (SSSR count). The number of benzene rings is 2. The third-order valence-corrected chi connectivity index (χ3v) is 3.82. The molecule has 3 aromatic rings. The predicted molar refractivity (Wildman–Crippen MR) is 91.5 cm³/mol. The molecule has 0 bridgehead atoms. The molecule has 0 spiro atoms. The standard InChI is InChI=1S/C18H12ClF2N3O/c1-10-5-6-12(19)11(9-10)15-7-8-16(24-23-15)22-18(25)17-13(20)3-2-4-14(17)21/h2-9H,1H3,(H,22,24,25). The van der Waals surface area contributed by atoms with Crippen LogP contribution in [0.25, 0.3) is 11.3 Å². The average molecular weight is 360 g/mol. The smallest absolute Gasteiger partial charge is 0.262 e. The Hall–Kier alpha value is -2.86. The number of amides is 1. The molecule has 0 fully saturated rings. The molecule has 126 valence electrons. The largest absolute Gasteiger partial charge is 0.305 e. The van der Waals surface area contributed by atoms with Crippen LogP contribution >= 0.6 is 11.6 Å². The van der Waals surface area contributed by atoms with Crippen LogP contribution < -0.4 is 5.32 Å². The number of hydrogen-bond acceptors (Lipinski definition) is 3. The van der Waals surface area contributed by atoms with E-state index >= 15 is 0 Å². The van der Waals surface area contributed by atoms with Gasteiger partial charge in [0.1, 0.15) is 17.2 Å². The Morgan fingerprint density at radius 3 is 2.40 bits per heavy atom. The van der Waals surface area contributed by atoms with Crippen LogP contribution in [0.2, 0.25) is 5.02 Å². The normalized spacial score (nSPS) is 10.6. The number of carbonyl (C=O) groups is 1. The molecule has 1 aromatic heterocycles. The van der Waals surface area contributed by atoms with Gasteiger partial charge >= 0.3 is 0 Å². The van der Waals surface area contributed by atoms with Gasteiger partial charge in [-0.05, 0) is 43.3 Å². The van der Waals surface area contributed by atoms with Gasteiger partial charge in [0.05, 0.1) is 10.7 Å². The molecule has 0 aliphatic rings. The highest BCUT2D eigenvalue weighted by atomic mass is 35.5. The van der Waals surface area contributed by atoms with E-state index in [1.807, 2.05) is 19.1 Å². The first kappa shape index (κ1) is 17.0. The second-order valence-corrected chi connectivity index (χ2v) is 5.75. The molecular weight excluding hydrogens is 348 g/mol. The first-order valence-corrected chi connectivity index (χ1v) is 7.69.